The van der Waals surface area contributed by atoms with Crippen LogP contribution >= 0.6 is 27.3 Å². The van der Waals surface area contributed by atoms with E-state index in [1.165, 1.54) is 24.0 Å². The number of amides is 1. The van der Waals surface area contributed by atoms with Gasteiger partial charge in [-0.25, -0.2) is 4.98 Å². The fourth-order valence-electron chi connectivity index (χ4n) is 2.25. The number of fused-ring (bicyclic) bond motifs is 2. The molecule has 3 nitrogen and oxygen atoms in total. The molecule has 1 amide bonds. The molecule has 2 aromatic rings. The third kappa shape index (κ3) is 2.17. The summed E-state index contributed by atoms with van der Waals surface area (Å²) in [5.41, 5.74) is 3.86. The van der Waals surface area contributed by atoms with E-state index in [4.69, 9.17) is 0 Å². The highest BCUT2D eigenvalue weighted by Crippen LogP contribution is 2.32. The number of hydrogen-bond donors (Lipinski definition) is 1. The van der Waals surface area contributed by atoms with Gasteiger partial charge in [-0.15, -0.1) is 0 Å². The zero-order valence-electron chi connectivity index (χ0n) is 10.00. The molecule has 0 saturated heterocycles. The minimum atomic E-state index is -0.200. The molecule has 1 aromatic carbocycles. The molecule has 94 valence electrons. The Labute approximate surface area is 118 Å². The molecule has 1 aliphatic rings. The van der Waals surface area contributed by atoms with E-state index in [2.05, 4.69) is 38.4 Å². The Morgan fingerprint density at radius 3 is 2.89 bits per heavy atom. The van der Waals surface area contributed by atoms with Gasteiger partial charge in [-0.3, -0.25) is 4.79 Å². The number of benzene rings is 1. The molecule has 1 heterocycles. The zero-order chi connectivity index (χ0) is 12.7. The van der Waals surface area contributed by atoms with Crippen LogP contribution in [0.5, 0.6) is 0 Å². The van der Waals surface area contributed by atoms with E-state index in [9.17, 15) is 4.79 Å². The first kappa shape index (κ1) is 12.1. The van der Waals surface area contributed by atoms with Gasteiger partial charge >= 0.3 is 0 Å². The lowest BCUT2D eigenvalue weighted by atomic mass is 10.1. The molecule has 18 heavy (non-hydrogen) atoms. The van der Waals surface area contributed by atoms with Crippen molar-refractivity contribution in [2.45, 2.75) is 31.0 Å². The van der Waals surface area contributed by atoms with E-state index in [0.717, 1.165) is 16.6 Å². The standard InChI is InChI=1S/C13H13BrN2OS/c1-7(14)12(17)16-13-15-10-5-8-3-2-4-9(8)6-11(10)18-13/h5-7H,2-4H2,1H3,(H,15,16,17). The lowest BCUT2D eigenvalue weighted by Gasteiger charge is -2.01. The van der Waals surface area contributed by atoms with E-state index in [1.54, 1.807) is 18.3 Å². The highest BCUT2D eigenvalue weighted by Gasteiger charge is 2.15. The van der Waals surface area contributed by atoms with Crippen molar-refractivity contribution in [2.24, 2.45) is 0 Å². The Bertz CT molecular complexity index is 580. The molecule has 5 heteroatoms. The molecule has 1 aromatic heterocycles. The molecule has 0 fully saturated rings. The summed E-state index contributed by atoms with van der Waals surface area (Å²) in [5, 5.41) is 3.51. The number of nitrogens with zero attached hydrogens (tertiary/aromatic N) is 1. The van der Waals surface area contributed by atoms with Gasteiger partial charge in [0.05, 0.1) is 15.0 Å². The molecule has 1 N–H and O–H groups in total. The van der Waals surface area contributed by atoms with Gasteiger partial charge in [0.2, 0.25) is 5.91 Å². The minimum Gasteiger partial charge on any atom is -0.301 e. The van der Waals surface area contributed by atoms with Crippen LogP contribution < -0.4 is 5.32 Å². The number of rotatable bonds is 2. The maximum Gasteiger partial charge on any atom is 0.239 e. The summed E-state index contributed by atoms with van der Waals surface area (Å²) in [6.07, 6.45) is 3.57. The molecule has 0 aliphatic heterocycles. The summed E-state index contributed by atoms with van der Waals surface area (Å²) in [5.74, 6) is -0.0541. The number of aryl methyl sites for hydroxylation is 2. The zero-order valence-corrected chi connectivity index (χ0v) is 12.4. The van der Waals surface area contributed by atoms with Gasteiger partial charge < -0.3 is 5.32 Å². The number of anilines is 1. The molecule has 3 rings (SSSR count). The SMILES string of the molecule is CC(Br)C(=O)Nc1nc2cc3c(cc2s1)CCC3. The molecule has 1 atom stereocenters. The Kier molecular flexibility index (Phi) is 3.11. The predicted octanol–water partition coefficient (Wildman–Crippen LogP) is 3.51. The van der Waals surface area contributed by atoms with Crippen LogP contribution in [0.1, 0.15) is 24.5 Å². The lowest BCUT2D eigenvalue weighted by molar-refractivity contribution is -0.115. The maximum absolute atomic E-state index is 11.6. The van der Waals surface area contributed by atoms with E-state index in [-0.39, 0.29) is 10.7 Å². The van der Waals surface area contributed by atoms with Crippen molar-refractivity contribution >= 4 is 48.5 Å². The average molecular weight is 325 g/mol. The van der Waals surface area contributed by atoms with E-state index in [0.29, 0.717) is 5.13 Å². The average Bonchev–Trinajstić information content (AvgIpc) is 2.89. The van der Waals surface area contributed by atoms with Gasteiger partial charge in [-0.1, -0.05) is 27.3 Å². The van der Waals surface area contributed by atoms with Crippen molar-refractivity contribution in [3.8, 4) is 0 Å². The second-order valence-corrected chi connectivity index (χ2v) is 6.97. The number of hydrogen-bond acceptors (Lipinski definition) is 3. The molecular formula is C13H13BrN2OS. The van der Waals surface area contributed by atoms with Crippen molar-refractivity contribution in [1.82, 2.24) is 4.98 Å². The molecule has 0 saturated carbocycles. The van der Waals surface area contributed by atoms with Gasteiger partial charge in [-0.05, 0) is 49.4 Å². The molecule has 0 spiro atoms. The van der Waals surface area contributed by atoms with Crippen LogP contribution in [-0.2, 0) is 17.6 Å². The highest BCUT2D eigenvalue weighted by atomic mass is 79.9. The van der Waals surface area contributed by atoms with E-state index in [1.807, 2.05) is 0 Å². The maximum atomic E-state index is 11.6. The van der Waals surface area contributed by atoms with Crippen LogP contribution in [0.15, 0.2) is 12.1 Å². The van der Waals surface area contributed by atoms with Crippen LogP contribution in [0, 0.1) is 0 Å². The summed E-state index contributed by atoms with van der Waals surface area (Å²) >= 11 is 4.79. The second-order valence-electron chi connectivity index (χ2n) is 4.57. The monoisotopic (exact) mass is 324 g/mol. The quantitative estimate of drug-likeness (QED) is 0.859. The van der Waals surface area contributed by atoms with Crippen molar-refractivity contribution in [2.75, 3.05) is 5.32 Å². The first-order valence-corrected chi connectivity index (χ1v) is 7.74. The fourth-order valence-corrected chi connectivity index (χ4v) is 3.28. The van der Waals surface area contributed by atoms with Crippen molar-refractivity contribution in [3.63, 3.8) is 0 Å². The van der Waals surface area contributed by atoms with Gasteiger partial charge in [0.25, 0.3) is 0 Å². The van der Waals surface area contributed by atoms with Gasteiger partial charge in [-0.2, -0.15) is 0 Å². The van der Waals surface area contributed by atoms with Crippen molar-refractivity contribution in [3.05, 3.63) is 23.3 Å². The lowest BCUT2D eigenvalue weighted by Crippen LogP contribution is -2.19. The van der Waals surface area contributed by atoms with Crippen LogP contribution in [0.25, 0.3) is 10.2 Å². The third-order valence-electron chi connectivity index (χ3n) is 3.19. The number of alkyl halides is 1. The normalized spacial score (nSPS) is 15.7. The van der Waals surface area contributed by atoms with Crippen LogP contribution in [0.4, 0.5) is 5.13 Å². The molecule has 1 unspecified atom stereocenters. The second kappa shape index (κ2) is 4.63. The third-order valence-corrected chi connectivity index (χ3v) is 4.54. The van der Waals surface area contributed by atoms with Crippen molar-refractivity contribution < 1.29 is 4.79 Å². The predicted molar refractivity (Wildman–Crippen MR) is 78.7 cm³/mol. The Balaban J connectivity index is 1.94. The van der Waals surface area contributed by atoms with Crippen LogP contribution in [0.2, 0.25) is 0 Å². The molecule has 0 radical (unpaired) electrons. The largest absolute Gasteiger partial charge is 0.301 e. The first-order valence-electron chi connectivity index (χ1n) is 6.01. The Morgan fingerprint density at radius 1 is 1.44 bits per heavy atom. The van der Waals surface area contributed by atoms with Gasteiger partial charge in [0.1, 0.15) is 0 Å². The first-order chi connectivity index (χ1) is 8.63. The summed E-state index contributed by atoms with van der Waals surface area (Å²) in [6, 6.07) is 4.39. The highest BCUT2D eigenvalue weighted by molar-refractivity contribution is 9.10. The molecule has 1 aliphatic carbocycles. The van der Waals surface area contributed by atoms with E-state index < -0.39 is 0 Å². The number of carbonyl (C=O) groups is 1. The number of aromatic nitrogens is 1. The minimum absolute atomic E-state index is 0.0541. The van der Waals surface area contributed by atoms with Gasteiger partial charge in [0.15, 0.2) is 5.13 Å². The number of halogens is 1. The number of carbonyl (C=O) groups excluding carboxylic acids is 1. The Hall–Kier alpha value is -0.940. The summed E-state index contributed by atoms with van der Waals surface area (Å²) in [4.78, 5) is 15.9. The smallest absolute Gasteiger partial charge is 0.239 e. The van der Waals surface area contributed by atoms with Crippen LogP contribution in [-0.4, -0.2) is 15.7 Å². The molecular weight excluding hydrogens is 312 g/mol. The number of nitrogens with one attached hydrogen (secondary N) is 1. The van der Waals surface area contributed by atoms with E-state index >= 15 is 0 Å². The topological polar surface area (TPSA) is 42.0 Å². The summed E-state index contributed by atoms with van der Waals surface area (Å²) < 4.78 is 1.16. The Morgan fingerprint density at radius 2 is 2.17 bits per heavy atom. The summed E-state index contributed by atoms with van der Waals surface area (Å²) in [7, 11) is 0. The summed E-state index contributed by atoms with van der Waals surface area (Å²) in [6.45, 7) is 1.80. The van der Waals surface area contributed by atoms with Gasteiger partial charge in [0, 0.05) is 0 Å². The van der Waals surface area contributed by atoms with Crippen LogP contribution in [0.3, 0.4) is 0 Å². The van der Waals surface area contributed by atoms with Crippen molar-refractivity contribution in [1.29, 1.82) is 0 Å². The fraction of sp³-hybridized carbons (Fsp3) is 0.385. The number of thiazole rings is 1. The molecule has 0 bridgehead atoms.